The molecule has 7 heteroatoms. The van der Waals surface area contributed by atoms with Gasteiger partial charge in [-0.05, 0) is 48.7 Å². The number of carbonyl (C=O) groups excluding carboxylic acids is 1. The quantitative estimate of drug-likeness (QED) is 0.670. The van der Waals surface area contributed by atoms with Crippen LogP contribution in [0.4, 0.5) is 18.9 Å². The van der Waals surface area contributed by atoms with Gasteiger partial charge in [0.25, 0.3) is 0 Å². The molecule has 1 atom stereocenters. The summed E-state index contributed by atoms with van der Waals surface area (Å²) in [6.45, 7) is 0. The van der Waals surface area contributed by atoms with E-state index in [9.17, 15) is 23.1 Å². The molecule has 1 amide bonds. The molecular weight excluding hydrogens is 369 g/mol. The van der Waals surface area contributed by atoms with Crippen molar-refractivity contribution in [2.24, 2.45) is 0 Å². The lowest BCUT2D eigenvalue weighted by molar-refractivity contribution is -0.137. The van der Waals surface area contributed by atoms with E-state index in [1.54, 1.807) is 12.1 Å². The lowest BCUT2D eigenvalue weighted by Gasteiger charge is -2.27. The van der Waals surface area contributed by atoms with Crippen LogP contribution >= 0.6 is 0 Å². The van der Waals surface area contributed by atoms with Crippen molar-refractivity contribution in [2.75, 3.05) is 5.32 Å². The van der Waals surface area contributed by atoms with Crippen LogP contribution < -0.4 is 10.6 Å². The van der Waals surface area contributed by atoms with Gasteiger partial charge in [0.05, 0.1) is 5.56 Å². The molecule has 28 heavy (non-hydrogen) atoms. The lowest BCUT2D eigenvalue weighted by atomic mass is 9.95. The van der Waals surface area contributed by atoms with E-state index in [2.05, 4.69) is 10.6 Å². The Morgan fingerprint density at radius 2 is 1.71 bits per heavy atom. The van der Waals surface area contributed by atoms with E-state index in [1.807, 2.05) is 0 Å². The smallest absolute Gasteiger partial charge is 0.416 e. The number of halogens is 3. The number of alkyl halides is 3. The average Bonchev–Trinajstić information content (AvgIpc) is 2.67. The van der Waals surface area contributed by atoms with Gasteiger partial charge in [0.2, 0.25) is 5.91 Å². The number of amides is 1. The molecule has 1 aliphatic carbocycles. The zero-order valence-corrected chi connectivity index (χ0v) is 15.3. The highest BCUT2D eigenvalue weighted by molar-refractivity contribution is 5.86. The van der Waals surface area contributed by atoms with Gasteiger partial charge in [-0.1, -0.05) is 37.5 Å². The first kappa shape index (κ1) is 20.0. The van der Waals surface area contributed by atoms with E-state index >= 15 is 0 Å². The summed E-state index contributed by atoms with van der Waals surface area (Å²) in [7, 11) is 0. The van der Waals surface area contributed by atoms with Crippen molar-refractivity contribution in [1.82, 2.24) is 5.32 Å². The minimum absolute atomic E-state index is 0.0502. The largest absolute Gasteiger partial charge is 0.508 e. The number of phenols is 1. The zero-order chi connectivity index (χ0) is 20.1. The number of hydrogen-bond donors (Lipinski definition) is 3. The topological polar surface area (TPSA) is 61.4 Å². The van der Waals surface area contributed by atoms with Crippen molar-refractivity contribution < 1.29 is 23.1 Å². The molecule has 2 aromatic carbocycles. The van der Waals surface area contributed by atoms with Gasteiger partial charge in [-0.2, -0.15) is 13.2 Å². The summed E-state index contributed by atoms with van der Waals surface area (Å²) < 4.78 is 39.0. The molecule has 1 saturated carbocycles. The van der Waals surface area contributed by atoms with Crippen LogP contribution in [0.2, 0.25) is 0 Å². The minimum atomic E-state index is -4.46. The first-order valence-electron chi connectivity index (χ1n) is 9.36. The van der Waals surface area contributed by atoms with E-state index in [0.29, 0.717) is 5.56 Å². The number of hydrogen-bond acceptors (Lipinski definition) is 3. The maximum Gasteiger partial charge on any atom is 0.416 e. The first-order valence-corrected chi connectivity index (χ1v) is 9.36. The third-order valence-electron chi connectivity index (χ3n) is 4.94. The van der Waals surface area contributed by atoms with Gasteiger partial charge in [0, 0.05) is 11.7 Å². The Balaban J connectivity index is 1.83. The lowest BCUT2D eigenvalue weighted by Crippen LogP contribution is -2.41. The Morgan fingerprint density at radius 3 is 2.36 bits per heavy atom. The van der Waals surface area contributed by atoms with Crippen molar-refractivity contribution in [3.8, 4) is 5.75 Å². The monoisotopic (exact) mass is 392 g/mol. The normalized spacial score (nSPS) is 16.4. The average molecular weight is 392 g/mol. The van der Waals surface area contributed by atoms with Crippen molar-refractivity contribution >= 4 is 11.6 Å². The number of anilines is 1. The number of aromatic hydroxyl groups is 1. The number of benzene rings is 2. The van der Waals surface area contributed by atoms with Crippen LogP contribution in [0.3, 0.4) is 0 Å². The highest BCUT2D eigenvalue weighted by atomic mass is 19.4. The van der Waals surface area contributed by atoms with E-state index in [0.717, 1.165) is 44.2 Å². The summed E-state index contributed by atoms with van der Waals surface area (Å²) in [6.07, 6.45) is 0.591. The molecule has 1 unspecified atom stereocenters. The van der Waals surface area contributed by atoms with Crippen LogP contribution in [0, 0.1) is 0 Å². The van der Waals surface area contributed by atoms with Crippen LogP contribution in [-0.4, -0.2) is 17.1 Å². The van der Waals surface area contributed by atoms with Gasteiger partial charge in [-0.15, -0.1) is 0 Å². The van der Waals surface area contributed by atoms with E-state index in [1.165, 1.54) is 24.3 Å². The van der Waals surface area contributed by atoms with Gasteiger partial charge in [-0.25, -0.2) is 0 Å². The predicted molar refractivity (Wildman–Crippen MR) is 101 cm³/mol. The van der Waals surface area contributed by atoms with Gasteiger partial charge in [0.15, 0.2) is 0 Å². The molecule has 0 heterocycles. The second-order valence-electron chi connectivity index (χ2n) is 7.09. The third-order valence-corrected chi connectivity index (χ3v) is 4.94. The van der Waals surface area contributed by atoms with Crippen molar-refractivity contribution in [3.63, 3.8) is 0 Å². The fourth-order valence-electron chi connectivity index (χ4n) is 3.45. The summed E-state index contributed by atoms with van der Waals surface area (Å²) in [5.74, 6) is -0.246. The molecule has 4 nitrogen and oxygen atoms in total. The summed E-state index contributed by atoms with van der Waals surface area (Å²) >= 11 is 0. The summed E-state index contributed by atoms with van der Waals surface area (Å²) in [4.78, 5) is 12.9. The maximum atomic E-state index is 13.0. The minimum Gasteiger partial charge on any atom is -0.508 e. The van der Waals surface area contributed by atoms with E-state index < -0.39 is 17.8 Å². The van der Waals surface area contributed by atoms with Gasteiger partial charge >= 0.3 is 6.18 Å². The molecular formula is C21H23F3N2O2. The molecule has 150 valence electrons. The SMILES string of the molecule is O=C(NC1CCCCC1)C(Nc1cccc(C(F)(F)F)c1)c1ccc(O)cc1. The zero-order valence-electron chi connectivity index (χ0n) is 15.3. The van der Waals surface area contributed by atoms with Gasteiger partial charge in [-0.3, -0.25) is 4.79 Å². The number of nitrogens with one attached hydrogen (secondary N) is 2. The third kappa shape index (κ3) is 5.18. The fourth-order valence-corrected chi connectivity index (χ4v) is 3.45. The molecule has 0 spiro atoms. The fraction of sp³-hybridized carbons (Fsp3) is 0.381. The van der Waals surface area contributed by atoms with Gasteiger partial charge in [0.1, 0.15) is 11.8 Å². The van der Waals surface area contributed by atoms with Crippen LogP contribution in [0.1, 0.15) is 49.3 Å². The molecule has 0 bridgehead atoms. The number of carbonyl (C=O) groups is 1. The van der Waals surface area contributed by atoms with Crippen LogP contribution in [0.15, 0.2) is 48.5 Å². The molecule has 3 N–H and O–H groups in total. The van der Waals surface area contributed by atoms with E-state index in [4.69, 9.17) is 0 Å². The molecule has 0 aliphatic heterocycles. The Morgan fingerprint density at radius 1 is 1.04 bits per heavy atom. The summed E-state index contributed by atoms with van der Waals surface area (Å²) in [5, 5.41) is 15.4. The Kier molecular flexibility index (Phi) is 6.11. The van der Waals surface area contributed by atoms with E-state index in [-0.39, 0.29) is 23.4 Å². The molecule has 3 rings (SSSR count). The molecule has 0 aromatic heterocycles. The molecule has 0 saturated heterocycles. The van der Waals surface area contributed by atoms with Crippen molar-refractivity contribution in [2.45, 2.75) is 50.4 Å². The molecule has 1 aliphatic rings. The first-order chi connectivity index (χ1) is 13.3. The Bertz CT molecular complexity index is 800. The highest BCUT2D eigenvalue weighted by Gasteiger charge is 2.31. The van der Waals surface area contributed by atoms with Crippen molar-refractivity contribution in [1.29, 1.82) is 0 Å². The number of phenolic OH excluding ortho intramolecular Hbond substituents is 1. The summed E-state index contributed by atoms with van der Waals surface area (Å²) in [5.41, 5.74) is -0.0233. The standard InChI is InChI=1S/C21H23F3N2O2/c22-21(23,24)15-5-4-8-17(13-15)25-19(14-9-11-18(27)12-10-14)20(28)26-16-6-2-1-3-7-16/h4-5,8-13,16,19,25,27H,1-3,6-7H2,(H,26,28). The summed E-state index contributed by atoms with van der Waals surface area (Å²) in [6, 6.07) is 10.0. The van der Waals surface area contributed by atoms with Gasteiger partial charge < -0.3 is 15.7 Å². The Hall–Kier alpha value is -2.70. The van der Waals surface area contributed by atoms with Crippen molar-refractivity contribution in [3.05, 3.63) is 59.7 Å². The maximum absolute atomic E-state index is 13.0. The van der Waals surface area contributed by atoms with Crippen LogP contribution in [-0.2, 0) is 11.0 Å². The Labute approximate surface area is 161 Å². The predicted octanol–water partition coefficient (Wildman–Crippen LogP) is 5.01. The highest BCUT2D eigenvalue weighted by Crippen LogP contribution is 2.32. The number of rotatable bonds is 5. The molecule has 0 radical (unpaired) electrons. The second kappa shape index (κ2) is 8.54. The second-order valence-corrected chi connectivity index (χ2v) is 7.09. The molecule has 2 aromatic rings. The molecule has 1 fully saturated rings. The van der Waals surface area contributed by atoms with Crippen LogP contribution in [0.5, 0.6) is 5.75 Å². The van der Waals surface area contributed by atoms with Crippen LogP contribution in [0.25, 0.3) is 0 Å².